The number of carbonyl (C=O) groups excluding carboxylic acids is 1. The summed E-state index contributed by atoms with van der Waals surface area (Å²) in [6.45, 7) is -11.6. The van der Waals surface area contributed by atoms with Gasteiger partial charge < -0.3 is 153 Å². The number of imidazole rings is 1. The van der Waals surface area contributed by atoms with Gasteiger partial charge in [0.15, 0.2) is 64.3 Å². The van der Waals surface area contributed by atoms with Crippen LogP contribution in [0.1, 0.15) is 47.3 Å². The van der Waals surface area contributed by atoms with E-state index >= 15 is 0 Å². The molecule has 2 aromatic rings. The van der Waals surface area contributed by atoms with Gasteiger partial charge in [-0.1, -0.05) is 27.7 Å². The number of nitrogen functional groups attached to an aromatic ring is 1. The lowest BCUT2D eigenvalue weighted by Gasteiger charge is -2.42. The number of phosphoric acid groups is 5. The molecule has 113 heavy (non-hydrogen) atoms. The van der Waals surface area contributed by atoms with Crippen LogP contribution < -0.4 is 11.1 Å². The fourth-order valence-electron chi connectivity index (χ4n) is 10.6. The standard InChI is InChI=1S/C55H102N6O46P6/c1-31(2)108(73,74)96-19-40-36(12-41(103-40)61-25-59-43-50(56)57-24-58-51(43)61)107-113(83,84)102-27-86-18-35(13-62)17-85-26-98-112(81,82)97-23-55(20-87-28-99-109(75,76)93-9-6-90-52-32(3)44(67)46(69)37(14-63)104-52,21-88-29-100-110(77,78)94-10-7-91-53-33(4)45(68)47(70)38(15-64)105-53)22-89-30-101-111(79,80)95-11-8-92-54-42(60-34(5)66)49(72)48(71)39(16-65)106-54/h24-25,31-33,35-42,44-49,52-54,62-65,67-72H,6-23,26-30H2,1-5H3,(H,60,66)(H,73,74)(H,75,76)(H,77,78)(H,79,80)(H,81,82)(H,83,84)(H2,56,57,58)/t32?,33?,35?,36-,37?,38?,39?,40+,41+,42?,44+,45+,46-,47-,48-,49+,52+,53+,54+,55?/m0/s1. The van der Waals surface area contributed by atoms with E-state index in [1.54, 1.807) is 0 Å². The number of nitrogens with two attached hydrogens (primary N) is 1. The Morgan fingerprint density at radius 3 is 1.41 bits per heavy atom. The maximum Gasteiger partial charge on any atom is 0.474 e. The molecule has 0 aromatic carbocycles. The lowest BCUT2D eigenvalue weighted by molar-refractivity contribution is -0.283. The SMILES string of the molecule is CC(=O)NC1[C@H](OCCOP(=O)(O)OCOCC(COCOP(=O)(O)OCCO[C@@H]2OC(CO)[C@H](O)[C@H](O)C2C)(COCOP(=O)(O)OCCO[C@@H]2OC(CO)[C@H](O)[C@H](O)C2C)COP(=O)(O)OCOCC(CO)COCOP(=O)(O)O[C@H]2C[C@H](n3cnc4c(N)ncnc43)O[C@@H]2COP(=O)(O)C(C)C)OC(CO)[C@H](O)[C@@H]1O. The van der Waals surface area contributed by atoms with Crippen molar-refractivity contribution in [2.45, 2.75) is 145 Å². The summed E-state index contributed by atoms with van der Waals surface area (Å²) >= 11 is 0. The Morgan fingerprint density at radius 1 is 0.540 bits per heavy atom. The van der Waals surface area contributed by atoms with Crippen LogP contribution in [0.25, 0.3) is 11.2 Å². The largest absolute Gasteiger partial charge is 0.474 e. The van der Waals surface area contributed by atoms with Crippen molar-refractivity contribution in [3.8, 4) is 0 Å². The molecule has 0 spiro atoms. The van der Waals surface area contributed by atoms with E-state index in [9.17, 15) is 113 Å². The number of amides is 1. The third kappa shape index (κ3) is 31.9. The fourth-order valence-corrected chi connectivity index (χ4v) is 14.6. The van der Waals surface area contributed by atoms with Gasteiger partial charge in [0.05, 0.1) is 142 Å². The van der Waals surface area contributed by atoms with Gasteiger partial charge in [-0.2, -0.15) is 0 Å². The predicted octanol–water partition coefficient (Wildman–Crippen LogP) is -4.05. The molecular formula is C55H102N6O46P6. The molecule has 2 aromatic heterocycles. The van der Waals surface area contributed by atoms with Crippen molar-refractivity contribution in [1.29, 1.82) is 0 Å². The summed E-state index contributed by atoms with van der Waals surface area (Å²) in [5.74, 6) is -3.43. The second-order valence-electron chi connectivity index (χ2n) is 25.9. The third-order valence-corrected chi connectivity index (χ3v) is 23.4. The monoisotopic (exact) mass is 1770 g/mol. The highest BCUT2D eigenvalue weighted by molar-refractivity contribution is 7.53. The molecule has 58 heteroatoms. The normalized spacial score (nSPS) is 31.2. The summed E-state index contributed by atoms with van der Waals surface area (Å²) in [5.41, 5.74) is 3.30. The average Bonchev–Trinajstić information content (AvgIpc) is 1.61. The number of hydrogen-bond donors (Lipinski definition) is 18. The van der Waals surface area contributed by atoms with Gasteiger partial charge in [0.2, 0.25) is 5.91 Å². The van der Waals surface area contributed by atoms with E-state index in [4.69, 9.17) is 112 Å². The van der Waals surface area contributed by atoms with Crippen LogP contribution in [0.4, 0.5) is 5.82 Å². The van der Waals surface area contributed by atoms with Crippen molar-refractivity contribution in [2.24, 2.45) is 23.2 Å². The van der Waals surface area contributed by atoms with E-state index in [1.807, 2.05) is 0 Å². The molecule has 25 atom stereocenters. The Labute approximate surface area is 644 Å². The molecule has 0 radical (unpaired) electrons. The molecule has 4 aliphatic rings. The summed E-state index contributed by atoms with van der Waals surface area (Å²) in [6.07, 6.45) is -18.5. The van der Waals surface area contributed by atoms with E-state index in [2.05, 4.69) is 20.3 Å². The molecule has 4 aliphatic heterocycles. The third-order valence-electron chi connectivity index (χ3n) is 16.9. The highest BCUT2D eigenvalue weighted by atomic mass is 31.2. The van der Waals surface area contributed by atoms with Crippen LogP contribution in [-0.2, 0) is 139 Å². The summed E-state index contributed by atoms with van der Waals surface area (Å²) in [6, 6.07) is -1.42. The van der Waals surface area contributed by atoms with E-state index < -0.39 is 326 Å². The Kier molecular flexibility index (Phi) is 41.0. The van der Waals surface area contributed by atoms with Gasteiger partial charge in [0.25, 0.3) is 0 Å². The van der Waals surface area contributed by atoms with Crippen molar-refractivity contribution < 1.29 is 219 Å². The number of nitrogens with zero attached hydrogens (tertiary/aromatic N) is 4. The molecule has 6 heterocycles. The number of aromatic nitrogens is 4. The smallest absolute Gasteiger partial charge is 0.396 e. The zero-order valence-corrected chi connectivity index (χ0v) is 66.8. The molecule has 0 saturated carbocycles. The molecule has 13 unspecified atom stereocenters. The number of carbonyl (C=O) groups is 1. The Bertz CT molecular complexity index is 3400. The van der Waals surface area contributed by atoms with Crippen molar-refractivity contribution in [1.82, 2.24) is 24.8 Å². The number of ether oxygens (including phenoxy) is 12. The molecular weight excluding hydrogens is 1670 g/mol. The predicted molar refractivity (Wildman–Crippen MR) is 367 cm³/mol. The molecule has 19 N–H and O–H groups in total. The molecule has 4 fully saturated rings. The highest BCUT2D eigenvalue weighted by Crippen LogP contribution is 2.52. The summed E-state index contributed by atoms with van der Waals surface area (Å²) in [5, 5.41) is 103. The Balaban J connectivity index is 1.09. The summed E-state index contributed by atoms with van der Waals surface area (Å²) in [7, 11) is -30.2. The number of fused-ring (bicyclic) bond motifs is 1. The van der Waals surface area contributed by atoms with Gasteiger partial charge in [0, 0.05) is 31.1 Å². The molecule has 0 bridgehead atoms. The van der Waals surface area contributed by atoms with Crippen molar-refractivity contribution in [2.75, 3.05) is 152 Å². The van der Waals surface area contributed by atoms with Crippen molar-refractivity contribution in [3.05, 3.63) is 12.7 Å². The second-order valence-corrected chi connectivity index (χ2v) is 35.5. The van der Waals surface area contributed by atoms with Gasteiger partial charge in [-0.25, -0.2) is 37.8 Å². The second kappa shape index (κ2) is 46.6. The Hall–Kier alpha value is -2.36. The Morgan fingerprint density at radius 2 is 0.965 bits per heavy atom. The summed E-state index contributed by atoms with van der Waals surface area (Å²) in [4.78, 5) is 87.9. The van der Waals surface area contributed by atoms with Gasteiger partial charge in [-0.3, -0.25) is 59.2 Å². The lowest BCUT2D eigenvalue weighted by atomic mass is 9.92. The minimum atomic E-state index is -5.44. The molecule has 6 rings (SSSR count). The maximum atomic E-state index is 13.6. The number of aliphatic hydroxyl groups excluding tert-OH is 10. The molecule has 52 nitrogen and oxygen atoms in total. The quantitative estimate of drug-likeness (QED) is 0.0170. The van der Waals surface area contributed by atoms with Crippen LogP contribution in [0.3, 0.4) is 0 Å². The van der Waals surface area contributed by atoms with E-state index in [-0.39, 0.29) is 23.4 Å². The number of phosphoric ester groups is 5. The van der Waals surface area contributed by atoms with Gasteiger partial charge in [0.1, 0.15) is 79.0 Å². The van der Waals surface area contributed by atoms with Crippen LogP contribution in [0.5, 0.6) is 0 Å². The van der Waals surface area contributed by atoms with Crippen LogP contribution in [0.2, 0.25) is 0 Å². The number of aliphatic hydroxyl groups is 10. The van der Waals surface area contributed by atoms with E-state index in [1.165, 1.54) is 38.6 Å². The summed E-state index contributed by atoms with van der Waals surface area (Å²) < 4.78 is 202. The topological polar surface area (TPSA) is 737 Å². The zero-order valence-electron chi connectivity index (χ0n) is 61.4. The minimum Gasteiger partial charge on any atom is -0.396 e. The first-order valence-corrected chi connectivity index (χ1v) is 43.4. The van der Waals surface area contributed by atoms with Crippen LogP contribution >= 0.6 is 46.7 Å². The van der Waals surface area contributed by atoms with Crippen molar-refractivity contribution in [3.63, 3.8) is 0 Å². The van der Waals surface area contributed by atoms with Crippen molar-refractivity contribution >= 4 is 69.6 Å². The number of anilines is 1. The minimum absolute atomic E-state index is 0.0353. The van der Waals surface area contributed by atoms with Gasteiger partial charge >= 0.3 is 46.7 Å². The van der Waals surface area contributed by atoms with Gasteiger partial charge in [-0.15, -0.1) is 0 Å². The van der Waals surface area contributed by atoms with E-state index in [0.29, 0.717) is 0 Å². The van der Waals surface area contributed by atoms with Gasteiger partial charge in [-0.05, 0) is 0 Å². The van der Waals surface area contributed by atoms with Crippen LogP contribution in [-0.4, -0.2) is 350 Å². The molecule has 0 aliphatic carbocycles. The number of nitrogens with one attached hydrogen (secondary N) is 1. The zero-order chi connectivity index (χ0) is 83.7. The molecule has 4 saturated heterocycles. The molecule has 1 amide bonds. The average molecular weight is 1770 g/mol. The highest BCUT2D eigenvalue weighted by Gasteiger charge is 2.49. The first kappa shape index (κ1) is 99.5. The van der Waals surface area contributed by atoms with E-state index in [0.717, 1.165) is 13.3 Å². The fraction of sp³-hybridized carbons (Fsp3) is 0.891. The maximum absolute atomic E-state index is 13.6. The molecule has 658 valence electrons. The lowest BCUT2D eigenvalue weighted by Crippen LogP contribution is -2.64. The number of hydrogen-bond acceptors (Lipinski definition) is 44. The number of rotatable bonds is 55. The first-order chi connectivity index (χ1) is 53.1. The van der Waals surface area contributed by atoms with Crippen LogP contribution in [0, 0.1) is 23.2 Å². The van der Waals surface area contributed by atoms with Crippen LogP contribution in [0.15, 0.2) is 12.7 Å². The first-order valence-electron chi connectivity index (χ1n) is 34.3.